The molecule has 0 aliphatic heterocycles. The average Bonchev–Trinajstić information content (AvgIpc) is 1.81. The molecule has 0 saturated heterocycles. The minimum atomic E-state index is -0.150. The van der Waals surface area contributed by atoms with Gasteiger partial charge in [0.15, 0.2) is 0 Å². The van der Waals surface area contributed by atoms with Crippen molar-refractivity contribution in [2.24, 2.45) is 5.41 Å². The lowest BCUT2D eigenvalue weighted by Crippen LogP contribution is -2.45. The molecule has 78 valence electrons. The number of alkyl halides is 1. The van der Waals surface area contributed by atoms with Crippen LogP contribution in [-0.4, -0.2) is 16.8 Å². The highest BCUT2D eigenvalue weighted by atomic mass is 79.9. The van der Waals surface area contributed by atoms with Crippen LogP contribution in [0.25, 0.3) is 0 Å². The van der Waals surface area contributed by atoms with E-state index in [-0.39, 0.29) is 16.9 Å². The van der Waals surface area contributed by atoms with E-state index in [1.165, 1.54) is 0 Å². The smallest absolute Gasteiger partial charge is 0.220 e. The Morgan fingerprint density at radius 3 is 2.00 bits per heavy atom. The largest absolute Gasteiger partial charge is 0.350 e. The normalized spacial score (nSPS) is 12.8. The van der Waals surface area contributed by atoms with Crippen LogP contribution in [0.3, 0.4) is 0 Å². The van der Waals surface area contributed by atoms with Gasteiger partial charge in [0.05, 0.1) is 0 Å². The molecule has 0 aromatic heterocycles. The molecule has 0 aromatic rings. The third-order valence-corrected chi connectivity index (χ3v) is 2.90. The van der Waals surface area contributed by atoms with E-state index in [1.807, 2.05) is 13.8 Å². The summed E-state index contributed by atoms with van der Waals surface area (Å²) >= 11 is 3.36. The molecule has 13 heavy (non-hydrogen) atoms. The van der Waals surface area contributed by atoms with Crippen LogP contribution in [0, 0.1) is 5.41 Å². The van der Waals surface area contributed by atoms with Gasteiger partial charge >= 0.3 is 0 Å². The summed E-state index contributed by atoms with van der Waals surface area (Å²) in [5.41, 5.74) is -0.0885. The molecule has 0 aliphatic carbocycles. The zero-order valence-electron chi connectivity index (χ0n) is 9.20. The molecule has 0 spiro atoms. The van der Waals surface area contributed by atoms with E-state index in [0.29, 0.717) is 6.42 Å². The van der Waals surface area contributed by atoms with Crippen LogP contribution < -0.4 is 5.32 Å². The van der Waals surface area contributed by atoms with E-state index in [9.17, 15) is 4.79 Å². The molecule has 0 bridgehead atoms. The maximum absolute atomic E-state index is 11.5. The van der Waals surface area contributed by atoms with E-state index in [2.05, 4.69) is 42.0 Å². The summed E-state index contributed by atoms with van der Waals surface area (Å²) in [4.78, 5) is 11.5. The first-order valence-electron chi connectivity index (χ1n) is 4.53. The summed E-state index contributed by atoms with van der Waals surface area (Å²) in [5.74, 6) is 0.122. The van der Waals surface area contributed by atoms with E-state index in [0.717, 1.165) is 5.33 Å². The molecular weight excluding hydrogens is 230 g/mol. The second-order valence-corrected chi connectivity index (χ2v) is 5.86. The highest BCUT2D eigenvalue weighted by Gasteiger charge is 2.22. The summed E-state index contributed by atoms with van der Waals surface area (Å²) in [5, 5.41) is 3.75. The van der Waals surface area contributed by atoms with Crippen molar-refractivity contribution in [1.82, 2.24) is 5.32 Å². The minimum Gasteiger partial charge on any atom is -0.350 e. The number of amides is 1. The first-order valence-corrected chi connectivity index (χ1v) is 5.65. The molecule has 1 amide bonds. The second-order valence-electron chi connectivity index (χ2n) is 5.30. The molecule has 0 fully saturated rings. The van der Waals surface area contributed by atoms with Gasteiger partial charge in [0.2, 0.25) is 5.91 Å². The van der Waals surface area contributed by atoms with Crippen molar-refractivity contribution in [3.63, 3.8) is 0 Å². The molecule has 0 rings (SSSR count). The molecule has 0 heterocycles. The molecule has 2 nitrogen and oxygen atoms in total. The zero-order valence-corrected chi connectivity index (χ0v) is 10.8. The van der Waals surface area contributed by atoms with Crippen LogP contribution in [0.15, 0.2) is 0 Å². The number of hydrogen-bond donors (Lipinski definition) is 1. The highest BCUT2D eigenvalue weighted by Crippen LogP contribution is 2.19. The van der Waals surface area contributed by atoms with Gasteiger partial charge in [-0.1, -0.05) is 36.7 Å². The van der Waals surface area contributed by atoms with Crippen molar-refractivity contribution in [3.05, 3.63) is 0 Å². The number of hydrogen-bond acceptors (Lipinski definition) is 1. The lowest BCUT2D eigenvalue weighted by Gasteiger charge is -2.26. The van der Waals surface area contributed by atoms with Gasteiger partial charge in [0, 0.05) is 17.3 Å². The summed E-state index contributed by atoms with van der Waals surface area (Å²) < 4.78 is 0. The van der Waals surface area contributed by atoms with E-state index < -0.39 is 0 Å². The first kappa shape index (κ1) is 12.9. The number of carbonyl (C=O) groups excluding carboxylic acids is 1. The standard InChI is InChI=1S/C10H20BrNO/c1-9(2,3)6-8(13)12-10(4,5)7-11/h6-7H2,1-5H3,(H,12,13). The van der Waals surface area contributed by atoms with Crippen LogP contribution >= 0.6 is 15.9 Å². The summed E-state index contributed by atoms with van der Waals surface area (Å²) in [6, 6.07) is 0. The van der Waals surface area contributed by atoms with E-state index in [1.54, 1.807) is 0 Å². The van der Waals surface area contributed by atoms with Gasteiger partial charge in [-0.05, 0) is 19.3 Å². The first-order chi connectivity index (χ1) is 5.66. The molecule has 0 unspecified atom stereocenters. The Morgan fingerprint density at radius 1 is 1.23 bits per heavy atom. The van der Waals surface area contributed by atoms with Gasteiger partial charge in [-0.25, -0.2) is 0 Å². The predicted octanol–water partition coefficient (Wildman–Crippen LogP) is 2.71. The lowest BCUT2D eigenvalue weighted by atomic mass is 9.91. The molecular formula is C10H20BrNO. The Labute approximate surface area is 89.6 Å². The fraction of sp³-hybridized carbons (Fsp3) is 0.900. The van der Waals surface area contributed by atoms with Gasteiger partial charge in [-0.3, -0.25) is 4.79 Å². The van der Waals surface area contributed by atoms with Crippen LogP contribution in [0.1, 0.15) is 41.0 Å². The fourth-order valence-corrected chi connectivity index (χ4v) is 1.08. The fourth-order valence-electron chi connectivity index (χ4n) is 0.937. The van der Waals surface area contributed by atoms with E-state index >= 15 is 0 Å². The zero-order chi connectivity index (χ0) is 10.7. The molecule has 1 N–H and O–H groups in total. The Hall–Kier alpha value is -0.0500. The van der Waals surface area contributed by atoms with Crippen molar-refractivity contribution in [3.8, 4) is 0 Å². The predicted molar refractivity (Wildman–Crippen MR) is 60.1 cm³/mol. The van der Waals surface area contributed by atoms with Gasteiger partial charge < -0.3 is 5.32 Å². The molecule has 0 radical (unpaired) electrons. The van der Waals surface area contributed by atoms with Gasteiger partial charge in [0.1, 0.15) is 0 Å². The van der Waals surface area contributed by atoms with Gasteiger partial charge in [0.25, 0.3) is 0 Å². The van der Waals surface area contributed by atoms with Gasteiger partial charge in [-0.15, -0.1) is 0 Å². The van der Waals surface area contributed by atoms with Gasteiger partial charge in [-0.2, -0.15) is 0 Å². The third-order valence-electron chi connectivity index (χ3n) is 1.50. The molecule has 0 atom stereocenters. The van der Waals surface area contributed by atoms with Crippen molar-refractivity contribution in [2.75, 3.05) is 5.33 Å². The maximum atomic E-state index is 11.5. The maximum Gasteiger partial charge on any atom is 0.220 e. The van der Waals surface area contributed by atoms with Crippen molar-refractivity contribution in [1.29, 1.82) is 0 Å². The average molecular weight is 250 g/mol. The lowest BCUT2D eigenvalue weighted by molar-refractivity contribution is -0.124. The van der Waals surface area contributed by atoms with Crippen LogP contribution in [-0.2, 0) is 4.79 Å². The minimum absolute atomic E-state index is 0.0620. The Morgan fingerprint density at radius 2 is 1.69 bits per heavy atom. The number of halogens is 1. The second kappa shape index (κ2) is 4.45. The summed E-state index contributed by atoms with van der Waals surface area (Å²) in [6.45, 7) is 10.2. The van der Waals surface area contributed by atoms with Crippen LogP contribution in [0.2, 0.25) is 0 Å². The highest BCUT2D eigenvalue weighted by molar-refractivity contribution is 9.09. The molecule has 0 saturated carbocycles. The molecule has 0 aromatic carbocycles. The number of nitrogens with one attached hydrogen (secondary N) is 1. The summed E-state index contributed by atoms with van der Waals surface area (Å²) in [6.07, 6.45) is 0.573. The Kier molecular flexibility index (Phi) is 4.43. The quantitative estimate of drug-likeness (QED) is 0.766. The van der Waals surface area contributed by atoms with Crippen molar-refractivity contribution in [2.45, 2.75) is 46.6 Å². The summed E-state index contributed by atoms with van der Waals surface area (Å²) in [7, 11) is 0. The number of rotatable bonds is 3. The van der Waals surface area contributed by atoms with Crippen LogP contribution in [0.5, 0.6) is 0 Å². The van der Waals surface area contributed by atoms with Crippen molar-refractivity contribution >= 4 is 21.8 Å². The Bertz CT molecular complexity index is 182. The SMILES string of the molecule is CC(C)(C)CC(=O)NC(C)(C)CBr. The molecule has 3 heteroatoms. The monoisotopic (exact) mass is 249 g/mol. The number of carbonyl (C=O) groups is 1. The molecule has 0 aliphatic rings. The van der Waals surface area contributed by atoms with Crippen molar-refractivity contribution < 1.29 is 4.79 Å². The van der Waals surface area contributed by atoms with E-state index in [4.69, 9.17) is 0 Å². The topological polar surface area (TPSA) is 29.1 Å². The Balaban J connectivity index is 4.03. The van der Waals surface area contributed by atoms with Crippen LogP contribution in [0.4, 0.5) is 0 Å². The third kappa shape index (κ3) is 7.05.